The molecule has 5 heteroatoms. The van der Waals surface area contributed by atoms with E-state index < -0.39 is 5.66 Å². The lowest BCUT2D eigenvalue weighted by molar-refractivity contribution is -0.160. The van der Waals surface area contributed by atoms with Crippen molar-refractivity contribution in [2.75, 3.05) is 12.4 Å². The molecule has 0 radical (unpaired) electrons. The quantitative estimate of drug-likeness (QED) is 0.782. The maximum atomic E-state index is 12.6. The summed E-state index contributed by atoms with van der Waals surface area (Å²) < 4.78 is 5.01. The van der Waals surface area contributed by atoms with Gasteiger partial charge in [0, 0.05) is 11.6 Å². The van der Waals surface area contributed by atoms with Gasteiger partial charge in [-0.05, 0) is 43.2 Å². The number of fused-ring (bicyclic) bond motifs is 3. The monoisotopic (exact) mass is 314 g/mol. The summed E-state index contributed by atoms with van der Waals surface area (Å²) in [5.74, 6) is 0.0261. The summed E-state index contributed by atoms with van der Waals surface area (Å²) >= 11 is 0. The van der Waals surface area contributed by atoms with Gasteiger partial charge in [-0.1, -0.05) is 19.1 Å². The molecule has 0 saturated heterocycles. The fraction of sp³-hybridized carbons (Fsp3) is 0.556. The van der Waals surface area contributed by atoms with Crippen molar-refractivity contribution in [2.24, 2.45) is 17.3 Å². The van der Waals surface area contributed by atoms with Crippen molar-refractivity contribution < 1.29 is 14.3 Å². The van der Waals surface area contributed by atoms with Crippen LogP contribution in [0.3, 0.4) is 0 Å². The number of carbonyl (C=O) groups is 2. The second kappa shape index (κ2) is 4.73. The highest BCUT2D eigenvalue weighted by Crippen LogP contribution is 2.58. The standard InChI is InChI=1S/C18H22N2O3/c1-17-8-7-11(9-13(17)16(22)23-2)18(10-17)19-14-6-4-3-5-12(14)15(21)20-18/h3-6,11,13,19H,7-10H2,1-2H3,(H,20,21)/t11-,13+,17-,18-/m0/s1. The van der Waals surface area contributed by atoms with E-state index >= 15 is 0 Å². The molecule has 0 unspecified atom stereocenters. The second-order valence-electron chi connectivity index (χ2n) is 7.47. The van der Waals surface area contributed by atoms with Crippen molar-refractivity contribution in [2.45, 2.75) is 38.3 Å². The van der Waals surface area contributed by atoms with Gasteiger partial charge in [0.1, 0.15) is 5.66 Å². The number of ether oxygens (including phenoxy) is 1. The number of benzene rings is 1. The Labute approximate surface area is 135 Å². The van der Waals surface area contributed by atoms with Gasteiger partial charge in [-0.25, -0.2) is 0 Å². The summed E-state index contributed by atoms with van der Waals surface area (Å²) in [5.41, 5.74) is 0.994. The van der Waals surface area contributed by atoms with Gasteiger partial charge >= 0.3 is 5.97 Å². The summed E-state index contributed by atoms with van der Waals surface area (Å²) in [6.07, 6.45) is 3.53. The maximum absolute atomic E-state index is 12.6. The van der Waals surface area contributed by atoms with E-state index in [0.29, 0.717) is 5.56 Å². The first-order valence-corrected chi connectivity index (χ1v) is 8.25. The van der Waals surface area contributed by atoms with Crippen LogP contribution < -0.4 is 10.6 Å². The topological polar surface area (TPSA) is 67.4 Å². The minimum atomic E-state index is -0.442. The molecule has 1 aromatic carbocycles. The molecule has 5 nitrogen and oxygen atoms in total. The molecule has 3 aliphatic carbocycles. The summed E-state index contributed by atoms with van der Waals surface area (Å²) in [7, 11) is 1.46. The van der Waals surface area contributed by atoms with Crippen LogP contribution >= 0.6 is 0 Å². The fourth-order valence-corrected chi connectivity index (χ4v) is 4.95. The van der Waals surface area contributed by atoms with Gasteiger partial charge in [0.15, 0.2) is 0 Å². The van der Waals surface area contributed by atoms with E-state index in [-0.39, 0.29) is 29.1 Å². The number of hydrogen-bond acceptors (Lipinski definition) is 4. The Bertz CT molecular complexity index is 689. The molecule has 1 aliphatic heterocycles. The van der Waals surface area contributed by atoms with Gasteiger partial charge in [0.25, 0.3) is 5.91 Å². The molecule has 3 fully saturated rings. The van der Waals surface area contributed by atoms with Crippen LogP contribution in [0.25, 0.3) is 0 Å². The van der Waals surface area contributed by atoms with E-state index in [9.17, 15) is 9.59 Å². The third kappa shape index (κ3) is 1.98. The van der Waals surface area contributed by atoms with E-state index in [1.165, 1.54) is 7.11 Å². The number of amides is 1. The Balaban J connectivity index is 1.70. The molecule has 1 aromatic rings. The lowest BCUT2D eigenvalue weighted by Gasteiger charge is -2.60. The second-order valence-corrected chi connectivity index (χ2v) is 7.47. The highest BCUT2D eigenvalue weighted by atomic mass is 16.5. The molecule has 4 atom stereocenters. The fourth-order valence-electron chi connectivity index (χ4n) is 4.95. The molecule has 1 amide bonds. The van der Waals surface area contributed by atoms with Crippen LogP contribution in [-0.4, -0.2) is 24.6 Å². The zero-order valence-electron chi connectivity index (χ0n) is 13.5. The molecule has 5 rings (SSSR count). The molecular weight excluding hydrogens is 292 g/mol. The van der Waals surface area contributed by atoms with Crippen molar-refractivity contribution >= 4 is 17.6 Å². The van der Waals surface area contributed by atoms with Crippen molar-refractivity contribution in [1.29, 1.82) is 0 Å². The summed E-state index contributed by atoms with van der Waals surface area (Å²) in [5, 5.41) is 6.81. The first kappa shape index (κ1) is 14.5. The van der Waals surface area contributed by atoms with Crippen LogP contribution in [0.4, 0.5) is 5.69 Å². The molecule has 3 saturated carbocycles. The minimum absolute atomic E-state index is 0.0230. The normalized spacial score (nSPS) is 37.7. The van der Waals surface area contributed by atoms with Crippen molar-refractivity contribution in [3.8, 4) is 0 Å². The van der Waals surface area contributed by atoms with Crippen LogP contribution in [0.2, 0.25) is 0 Å². The molecule has 122 valence electrons. The van der Waals surface area contributed by atoms with E-state index in [4.69, 9.17) is 4.74 Å². The Morgan fingerprint density at radius 2 is 2.09 bits per heavy atom. The molecule has 23 heavy (non-hydrogen) atoms. The van der Waals surface area contributed by atoms with Gasteiger partial charge in [-0.3, -0.25) is 9.59 Å². The predicted octanol–water partition coefficient (Wildman–Crippen LogP) is 2.54. The van der Waals surface area contributed by atoms with E-state index in [1.54, 1.807) is 0 Å². The van der Waals surface area contributed by atoms with Gasteiger partial charge in [-0.2, -0.15) is 0 Å². The van der Waals surface area contributed by atoms with Crippen molar-refractivity contribution in [3.05, 3.63) is 29.8 Å². The molecule has 0 aromatic heterocycles. The number of esters is 1. The van der Waals surface area contributed by atoms with Crippen LogP contribution in [0.5, 0.6) is 0 Å². The van der Waals surface area contributed by atoms with E-state index in [0.717, 1.165) is 31.4 Å². The lowest BCUT2D eigenvalue weighted by Crippen LogP contribution is -2.69. The molecule has 2 bridgehead atoms. The molecule has 1 spiro atoms. The minimum Gasteiger partial charge on any atom is -0.469 e. The van der Waals surface area contributed by atoms with Gasteiger partial charge < -0.3 is 15.4 Å². The highest BCUT2D eigenvalue weighted by Gasteiger charge is 2.60. The zero-order chi connectivity index (χ0) is 16.2. The average molecular weight is 314 g/mol. The Morgan fingerprint density at radius 3 is 2.83 bits per heavy atom. The molecule has 2 N–H and O–H groups in total. The first-order valence-electron chi connectivity index (χ1n) is 8.25. The first-order chi connectivity index (χ1) is 11.0. The summed E-state index contributed by atoms with van der Waals surface area (Å²) in [6, 6.07) is 7.61. The summed E-state index contributed by atoms with van der Waals surface area (Å²) in [6.45, 7) is 2.15. The Kier molecular flexibility index (Phi) is 2.99. The molecule has 1 heterocycles. The lowest BCUT2D eigenvalue weighted by atomic mass is 9.51. The third-order valence-electron chi connectivity index (χ3n) is 6.16. The molecule has 4 aliphatic rings. The SMILES string of the molecule is COC(=O)[C@H]1C[C@@H]2CC[C@@]1(C)C[C@]21NC(=O)c2ccccc2N1. The number of para-hydroxylation sites is 1. The number of methoxy groups -OCH3 is 1. The van der Waals surface area contributed by atoms with Crippen LogP contribution in [-0.2, 0) is 9.53 Å². The Morgan fingerprint density at radius 1 is 1.30 bits per heavy atom. The van der Waals surface area contributed by atoms with E-state index in [2.05, 4.69) is 17.6 Å². The third-order valence-corrected chi connectivity index (χ3v) is 6.16. The smallest absolute Gasteiger partial charge is 0.309 e. The van der Waals surface area contributed by atoms with Crippen LogP contribution in [0.1, 0.15) is 43.0 Å². The number of anilines is 1. The van der Waals surface area contributed by atoms with Crippen LogP contribution in [0, 0.1) is 17.3 Å². The molecular formula is C18H22N2O3. The van der Waals surface area contributed by atoms with Crippen molar-refractivity contribution in [1.82, 2.24) is 5.32 Å². The number of hydrogen-bond donors (Lipinski definition) is 2. The summed E-state index contributed by atoms with van der Waals surface area (Å²) in [4.78, 5) is 24.7. The van der Waals surface area contributed by atoms with Gasteiger partial charge in [-0.15, -0.1) is 0 Å². The number of carbonyl (C=O) groups excluding carboxylic acids is 2. The largest absolute Gasteiger partial charge is 0.469 e. The maximum Gasteiger partial charge on any atom is 0.309 e. The Hall–Kier alpha value is -2.04. The predicted molar refractivity (Wildman–Crippen MR) is 85.8 cm³/mol. The van der Waals surface area contributed by atoms with Gasteiger partial charge in [0.05, 0.1) is 18.6 Å². The van der Waals surface area contributed by atoms with E-state index in [1.807, 2.05) is 24.3 Å². The number of rotatable bonds is 1. The average Bonchev–Trinajstić information content (AvgIpc) is 2.53. The van der Waals surface area contributed by atoms with Gasteiger partial charge in [0.2, 0.25) is 0 Å². The highest BCUT2D eigenvalue weighted by molar-refractivity contribution is 6.02. The van der Waals surface area contributed by atoms with Crippen LogP contribution in [0.15, 0.2) is 24.3 Å². The number of nitrogens with one attached hydrogen (secondary N) is 2. The van der Waals surface area contributed by atoms with Crippen molar-refractivity contribution in [3.63, 3.8) is 0 Å². The zero-order valence-corrected chi connectivity index (χ0v) is 13.5.